The van der Waals surface area contributed by atoms with Crippen molar-refractivity contribution in [3.63, 3.8) is 0 Å². The number of fused-ring (bicyclic) bond motifs is 1. The Bertz CT molecular complexity index is 448. The van der Waals surface area contributed by atoms with E-state index in [4.69, 9.17) is 0 Å². The van der Waals surface area contributed by atoms with E-state index < -0.39 is 38.9 Å². The van der Waals surface area contributed by atoms with Crippen LogP contribution in [0.25, 0.3) is 0 Å². The van der Waals surface area contributed by atoms with Gasteiger partial charge in [-0.3, -0.25) is 0 Å². The van der Waals surface area contributed by atoms with E-state index in [0.29, 0.717) is 0 Å². The van der Waals surface area contributed by atoms with E-state index in [1.807, 2.05) is 0 Å². The van der Waals surface area contributed by atoms with Gasteiger partial charge in [0, 0.05) is 5.92 Å². The van der Waals surface area contributed by atoms with E-state index >= 15 is 0 Å². The summed E-state index contributed by atoms with van der Waals surface area (Å²) < 4.78 is 74.7. The molecule has 0 aromatic heterocycles. The largest absolute Gasteiger partial charge is 0.534 e. The summed E-state index contributed by atoms with van der Waals surface area (Å²) in [6.45, 7) is 1.22. The van der Waals surface area contributed by atoms with Gasteiger partial charge in [0.2, 0.25) is 0 Å². The molecule has 2 rings (SSSR count). The van der Waals surface area contributed by atoms with E-state index in [-0.39, 0.29) is 6.42 Å². The molecule has 2 aliphatic carbocycles. The molecule has 0 aromatic rings. The molecule has 92 valence electrons. The second-order valence-electron chi connectivity index (χ2n) is 4.06. The minimum atomic E-state index is -5.67. The molecule has 0 spiro atoms. The predicted molar refractivity (Wildman–Crippen MR) is 45.3 cm³/mol. The molecule has 2 aliphatic rings. The minimum absolute atomic E-state index is 0.209. The predicted octanol–water partition coefficient (Wildman–Crippen LogP) is 2.11. The molecule has 1 fully saturated rings. The molecule has 0 radical (unpaired) electrons. The Balaban J connectivity index is 2.14. The summed E-state index contributed by atoms with van der Waals surface area (Å²) in [6.07, 6.45) is 1.40. The topological polar surface area (TPSA) is 43.4 Å². The van der Waals surface area contributed by atoms with Crippen LogP contribution < -0.4 is 0 Å². The molecule has 0 N–H and O–H groups in total. The van der Waals surface area contributed by atoms with Crippen LogP contribution in [0, 0.1) is 11.8 Å². The zero-order chi connectivity index (χ0) is 12.4. The van der Waals surface area contributed by atoms with Crippen molar-refractivity contribution in [3.05, 3.63) is 11.8 Å². The van der Waals surface area contributed by atoms with Crippen LogP contribution in [0.1, 0.15) is 13.3 Å². The monoisotopic (exact) mass is 260 g/mol. The lowest BCUT2D eigenvalue weighted by Gasteiger charge is -2.12. The van der Waals surface area contributed by atoms with Gasteiger partial charge < -0.3 is 4.18 Å². The van der Waals surface area contributed by atoms with Crippen LogP contribution in [-0.4, -0.2) is 19.6 Å². The van der Waals surface area contributed by atoms with Crippen LogP contribution in [-0.2, 0) is 14.3 Å². The fourth-order valence-corrected chi connectivity index (χ4v) is 2.56. The van der Waals surface area contributed by atoms with Crippen molar-refractivity contribution < 1.29 is 30.2 Å². The van der Waals surface area contributed by atoms with Crippen LogP contribution in [0.5, 0.6) is 0 Å². The Labute approximate surface area is 89.2 Å². The molecular weight excluding hydrogens is 252 g/mol. The summed E-state index contributed by atoms with van der Waals surface area (Å²) in [7, 11) is -5.67. The molecule has 0 saturated heterocycles. The van der Waals surface area contributed by atoms with Gasteiger partial charge in [-0.1, -0.05) is 0 Å². The molecule has 3 unspecified atom stereocenters. The zero-order valence-electron chi connectivity index (χ0n) is 8.08. The number of hydrogen-bond acceptors (Lipinski definition) is 3. The Hall–Kier alpha value is -0.790. The van der Waals surface area contributed by atoms with Crippen molar-refractivity contribution in [1.82, 2.24) is 0 Å². The Morgan fingerprint density at radius 1 is 1.50 bits per heavy atom. The molecule has 1 saturated carbocycles. The summed E-state index contributed by atoms with van der Waals surface area (Å²) in [4.78, 5) is 0. The Morgan fingerprint density at radius 2 is 2.06 bits per heavy atom. The van der Waals surface area contributed by atoms with Gasteiger partial charge in [-0.2, -0.15) is 21.6 Å². The van der Waals surface area contributed by atoms with E-state index in [1.54, 1.807) is 0 Å². The van der Waals surface area contributed by atoms with Crippen LogP contribution in [0.2, 0.25) is 0 Å². The van der Waals surface area contributed by atoms with Crippen molar-refractivity contribution in [3.8, 4) is 0 Å². The van der Waals surface area contributed by atoms with Crippen molar-refractivity contribution >= 4 is 10.1 Å². The maximum Gasteiger partial charge on any atom is 0.534 e. The van der Waals surface area contributed by atoms with Gasteiger partial charge in [0.1, 0.15) is 11.4 Å². The standard InChI is InChI=1S/C8H8F4O3S/c1-7(9)4-2-3-5(6(4)7)15-16(13,14)8(10,11)12/h3-4,6H,2H2,1H3. The third kappa shape index (κ3) is 1.50. The average molecular weight is 260 g/mol. The molecule has 16 heavy (non-hydrogen) atoms. The van der Waals surface area contributed by atoms with Crippen molar-refractivity contribution in [2.75, 3.05) is 0 Å². The average Bonchev–Trinajstić information content (AvgIpc) is 2.46. The molecule has 0 heterocycles. The van der Waals surface area contributed by atoms with Gasteiger partial charge in [0.15, 0.2) is 0 Å². The molecule has 0 aromatic carbocycles. The van der Waals surface area contributed by atoms with Gasteiger partial charge in [-0.05, 0) is 19.4 Å². The van der Waals surface area contributed by atoms with Gasteiger partial charge in [0.25, 0.3) is 0 Å². The number of rotatable bonds is 2. The van der Waals surface area contributed by atoms with Crippen molar-refractivity contribution in [1.29, 1.82) is 0 Å². The van der Waals surface area contributed by atoms with Crippen LogP contribution >= 0.6 is 0 Å². The summed E-state index contributed by atoms with van der Waals surface area (Å²) >= 11 is 0. The minimum Gasteiger partial charge on any atom is -0.380 e. The lowest BCUT2D eigenvalue weighted by molar-refractivity contribution is -0.0525. The summed E-state index contributed by atoms with van der Waals surface area (Å²) in [5.74, 6) is -1.73. The van der Waals surface area contributed by atoms with Crippen LogP contribution in [0.4, 0.5) is 17.6 Å². The van der Waals surface area contributed by atoms with E-state index in [9.17, 15) is 26.0 Å². The van der Waals surface area contributed by atoms with Gasteiger partial charge in [-0.25, -0.2) is 4.39 Å². The van der Waals surface area contributed by atoms with Gasteiger partial charge in [0.05, 0.1) is 5.92 Å². The molecular formula is C8H8F4O3S. The molecule has 0 amide bonds. The second-order valence-corrected chi connectivity index (χ2v) is 5.60. The molecule has 3 atom stereocenters. The van der Waals surface area contributed by atoms with Crippen LogP contribution in [0.15, 0.2) is 11.8 Å². The third-order valence-corrected chi connectivity index (χ3v) is 3.97. The SMILES string of the molecule is CC1(F)C2CC=C(OS(=O)(=O)C(F)(F)F)C21. The molecule has 8 heteroatoms. The van der Waals surface area contributed by atoms with Crippen LogP contribution in [0.3, 0.4) is 0 Å². The van der Waals surface area contributed by atoms with E-state index in [1.165, 1.54) is 13.0 Å². The first kappa shape index (κ1) is 11.7. The normalized spacial score (nSPS) is 37.9. The highest BCUT2D eigenvalue weighted by atomic mass is 32.2. The van der Waals surface area contributed by atoms with E-state index in [0.717, 1.165) is 0 Å². The summed E-state index contributed by atoms with van der Waals surface area (Å²) in [5.41, 5.74) is -7.13. The Kier molecular flexibility index (Phi) is 2.12. The zero-order valence-corrected chi connectivity index (χ0v) is 8.90. The second kappa shape index (κ2) is 2.91. The Morgan fingerprint density at radius 3 is 2.44 bits per heavy atom. The first-order valence-corrected chi connectivity index (χ1v) is 5.88. The highest BCUT2D eigenvalue weighted by molar-refractivity contribution is 7.87. The molecule has 0 bridgehead atoms. The highest BCUT2D eigenvalue weighted by Crippen LogP contribution is 2.63. The summed E-state index contributed by atoms with van der Waals surface area (Å²) in [5, 5.41) is 0. The fraction of sp³-hybridized carbons (Fsp3) is 0.750. The van der Waals surface area contributed by atoms with Crippen molar-refractivity contribution in [2.24, 2.45) is 11.8 Å². The molecule has 3 nitrogen and oxygen atoms in total. The van der Waals surface area contributed by atoms with Crippen molar-refractivity contribution in [2.45, 2.75) is 24.5 Å². The van der Waals surface area contributed by atoms with Gasteiger partial charge in [-0.15, -0.1) is 0 Å². The maximum absolute atomic E-state index is 13.4. The number of hydrogen-bond donors (Lipinski definition) is 0. The van der Waals surface area contributed by atoms with E-state index in [2.05, 4.69) is 4.18 Å². The fourth-order valence-electron chi connectivity index (χ4n) is 2.04. The number of alkyl halides is 4. The third-order valence-electron chi connectivity index (χ3n) is 3.00. The lowest BCUT2D eigenvalue weighted by atomic mass is 10.2. The number of halogens is 4. The maximum atomic E-state index is 13.4. The smallest absolute Gasteiger partial charge is 0.380 e. The first-order chi connectivity index (χ1) is 7.07. The number of allylic oxidation sites excluding steroid dienone is 2. The molecule has 0 aliphatic heterocycles. The highest BCUT2D eigenvalue weighted by Gasteiger charge is 2.68. The summed E-state index contributed by atoms with van der Waals surface area (Å²) in [6, 6.07) is 0. The first-order valence-electron chi connectivity index (χ1n) is 4.47. The van der Waals surface area contributed by atoms with Gasteiger partial charge >= 0.3 is 15.6 Å². The lowest BCUT2D eigenvalue weighted by Crippen LogP contribution is -2.26. The quantitative estimate of drug-likeness (QED) is 0.434.